The third-order valence-corrected chi connectivity index (χ3v) is 2.66. The van der Waals surface area contributed by atoms with Crippen LogP contribution < -0.4 is 0 Å². The molecule has 0 atom stereocenters. The highest BCUT2D eigenvalue weighted by molar-refractivity contribution is 6.53. The van der Waals surface area contributed by atoms with Crippen LogP contribution in [0.1, 0.15) is 48.0 Å². The van der Waals surface area contributed by atoms with Gasteiger partial charge in [0.25, 0.3) is 0 Å². The largest absolute Gasteiger partial charge is 0.489 e. The fraction of sp³-hybridized carbons (Fsp3) is 0.643. The molecule has 0 radical (unpaired) electrons. The van der Waals surface area contributed by atoms with Crippen molar-refractivity contribution in [1.82, 2.24) is 0 Å². The first-order chi connectivity index (χ1) is 8.36. The molecule has 0 heterocycles. The molecular formula is C14H26BNO2. The molecule has 4 heteroatoms. The highest BCUT2D eigenvalue weighted by Crippen LogP contribution is 2.19. The molecule has 0 aromatic heterocycles. The Morgan fingerprint density at radius 2 is 2.00 bits per heavy atom. The van der Waals surface area contributed by atoms with Gasteiger partial charge in [-0.2, -0.15) is 0 Å². The van der Waals surface area contributed by atoms with E-state index in [0.717, 1.165) is 11.9 Å². The molecule has 102 valence electrons. The van der Waals surface area contributed by atoms with Crippen LogP contribution in [0.3, 0.4) is 0 Å². The Balaban J connectivity index is 4.83. The van der Waals surface area contributed by atoms with Crippen LogP contribution in [0.2, 0.25) is 0 Å². The van der Waals surface area contributed by atoms with E-state index >= 15 is 0 Å². The van der Waals surface area contributed by atoms with Crippen molar-refractivity contribution in [2.75, 3.05) is 6.61 Å². The van der Waals surface area contributed by atoms with Crippen LogP contribution in [-0.4, -0.2) is 25.5 Å². The molecule has 0 aliphatic rings. The highest BCUT2D eigenvalue weighted by Gasteiger charge is 2.28. The molecule has 3 nitrogen and oxygen atoms in total. The van der Waals surface area contributed by atoms with Gasteiger partial charge in [0.15, 0.2) is 0 Å². The summed E-state index contributed by atoms with van der Waals surface area (Å²) in [5, 5.41) is 0. The van der Waals surface area contributed by atoms with Crippen molar-refractivity contribution in [3.05, 3.63) is 23.8 Å². The van der Waals surface area contributed by atoms with Crippen molar-refractivity contribution in [2.45, 2.75) is 53.6 Å². The van der Waals surface area contributed by atoms with Crippen molar-refractivity contribution in [2.24, 2.45) is 4.99 Å². The van der Waals surface area contributed by atoms with Crippen molar-refractivity contribution < 1.29 is 9.31 Å². The number of hydrogen-bond donors (Lipinski definition) is 0. The van der Waals surface area contributed by atoms with E-state index in [-0.39, 0.29) is 12.7 Å². The van der Waals surface area contributed by atoms with E-state index in [1.54, 1.807) is 6.21 Å². The molecule has 18 heavy (non-hydrogen) atoms. The van der Waals surface area contributed by atoms with Crippen molar-refractivity contribution in [3.8, 4) is 0 Å². The zero-order valence-corrected chi connectivity index (χ0v) is 12.6. The van der Waals surface area contributed by atoms with E-state index in [4.69, 9.17) is 9.31 Å². The van der Waals surface area contributed by atoms with Gasteiger partial charge in [-0.1, -0.05) is 13.5 Å². The third-order valence-electron chi connectivity index (χ3n) is 2.66. The molecule has 0 saturated heterocycles. The maximum absolute atomic E-state index is 5.98. The molecule has 0 bridgehead atoms. The first-order valence-electron chi connectivity index (χ1n) is 6.51. The van der Waals surface area contributed by atoms with E-state index < -0.39 is 0 Å². The third kappa shape index (κ3) is 6.77. The molecule has 0 amide bonds. The fourth-order valence-electron chi connectivity index (χ4n) is 1.32. The normalized spacial score (nSPS) is 13.1. The Labute approximate surface area is 112 Å². The van der Waals surface area contributed by atoms with Crippen LogP contribution in [-0.2, 0) is 9.31 Å². The molecule has 0 fully saturated rings. The van der Waals surface area contributed by atoms with E-state index in [2.05, 4.69) is 32.3 Å². The minimum Gasteiger partial charge on any atom is -0.408 e. The standard InChI is InChI=1S/C14H26BNO2/c1-8-14(6,7)18-15(17-10-3)12(4)11-13(5)16-9-2/h9,11H,5,8,10H2,1-4,6-7H3/b12-11+,16-9?. The monoisotopic (exact) mass is 251 g/mol. The van der Waals surface area contributed by atoms with Gasteiger partial charge < -0.3 is 9.31 Å². The molecule has 0 saturated carbocycles. The van der Waals surface area contributed by atoms with Gasteiger partial charge in [0.2, 0.25) is 0 Å². The first-order valence-corrected chi connectivity index (χ1v) is 6.51. The Morgan fingerprint density at radius 3 is 2.44 bits per heavy atom. The summed E-state index contributed by atoms with van der Waals surface area (Å²) in [6.45, 7) is 16.5. The summed E-state index contributed by atoms with van der Waals surface area (Å²) in [7, 11) is -0.339. The van der Waals surface area contributed by atoms with Gasteiger partial charge in [-0.15, -0.1) is 0 Å². The zero-order chi connectivity index (χ0) is 14.2. The van der Waals surface area contributed by atoms with Crippen LogP contribution in [0.5, 0.6) is 0 Å². The Bertz CT molecular complexity index is 322. The topological polar surface area (TPSA) is 30.8 Å². The Kier molecular flexibility index (Phi) is 7.88. The van der Waals surface area contributed by atoms with Crippen LogP contribution in [0, 0.1) is 0 Å². The maximum atomic E-state index is 5.98. The molecule has 0 N–H and O–H groups in total. The second-order valence-electron chi connectivity index (χ2n) is 4.79. The van der Waals surface area contributed by atoms with Crippen molar-refractivity contribution >= 4 is 13.3 Å². The molecule has 0 aliphatic heterocycles. The molecule has 0 aromatic rings. The maximum Gasteiger partial charge on any atom is 0.489 e. The average Bonchev–Trinajstić information content (AvgIpc) is 2.28. The van der Waals surface area contributed by atoms with Crippen LogP contribution in [0.4, 0.5) is 0 Å². The summed E-state index contributed by atoms with van der Waals surface area (Å²) in [6, 6.07) is 0. The molecule has 0 spiro atoms. The van der Waals surface area contributed by atoms with Gasteiger partial charge in [-0.05, 0) is 52.6 Å². The average molecular weight is 251 g/mol. The minimum absolute atomic E-state index is 0.204. The van der Waals surface area contributed by atoms with Gasteiger partial charge in [0.1, 0.15) is 0 Å². The second-order valence-corrected chi connectivity index (χ2v) is 4.79. The summed E-state index contributed by atoms with van der Waals surface area (Å²) < 4.78 is 11.6. The van der Waals surface area contributed by atoms with Crippen LogP contribution in [0.25, 0.3) is 0 Å². The lowest BCUT2D eigenvalue weighted by atomic mass is 9.77. The van der Waals surface area contributed by atoms with E-state index in [1.807, 2.05) is 26.8 Å². The fourth-order valence-corrected chi connectivity index (χ4v) is 1.32. The zero-order valence-electron chi connectivity index (χ0n) is 12.6. The summed E-state index contributed by atoms with van der Waals surface area (Å²) in [5.74, 6) is 0. The lowest BCUT2D eigenvalue weighted by molar-refractivity contribution is 0.0684. The lowest BCUT2D eigenvalue weighted by Gasteiger charge is -2.28. The number of nitrogens with zero attached hydrogens (tertiary/aromatic N) is 1. The van der Waals surface area contributed by atoms with E-state index in [9.17, 15) is 0 Å². The molecular weight excluding hydrogens is 225 g/mol. The molecule has 0 aromatic carbocycles. The Morgan fingerprint density at radius 1 is 1.39 bits per heavy atom. The van der Waals surface area contributed by atoms with Gasteiger partial charge in [-0.25, -0.2) is 0 Å². The smallest absolute Gasteiger partial charge is 0.408 e. The quantitative estimate of drug-likeness (QED) is 0.373. The molecule has 0 rings (SSSR count). The predicted molar refractivity (Wildman–Crippen MR) is 79.9 cm³/mol. The van der Waals surface area contributed by atoms with Crippen LogP contribution in [0.15, 0.2) is 28.8 Å². The summed E-state index contributed by atoms with van der Waals surface area (Å²) in [5.41, 5.74) is 1.48. The van der Waals surface area contributed by atoms with E-state index in [0.29, 0.717) is 12.3 Å². The molecule has 0 aliphatic carbocycles. The predicted octanol–water partition coefficient (Wildman–Crippen LogP) is 3.81. The lowest BCUT2D eigenvalue weighted by Crippen LogP contribution is -2.36. The highest BCUT2D eigenvalue weighted by atomic mass is 16.6. The number of rotatable bonds is 8. The first kappa shape index (κ1) is 17.1. The molecule has 0 unspecified atom stereocenters. The second kappa shape index (κ2) is 8.27. The van der Waals surface area contributed by atoms with E-state index in [1.165, 1.54) is 0 Å². The summed E-state index contributed by atoms with van der Waals surface area (Å²) >= 11 is 0. The number of aliphatic imine (C=N–C) groups is 1. The van der Waals surface area contributed by atoms with Crippen molar-refractivity contribution in [3.63, 3.8) is 0 Å². The number of hydrogen-bond acceptors (Lipinski definition) is 3. The van der Waals surface area contributed by atoms with Gasteiger partial charge in [-0.3, -0.25) is 4.99 Å². The number of allylic oxidation sites excluding steroid dienone is 2. The summed E-state index contributed by atoms with van der Waals surface area (Å²) in [4.78, 5) is 4.12. The van der Waals surface area contributed by atoms with Gasteiger partial charge in [0.05, 0.1) is 5.70 Å². The van der Waals surface area contributed by atoms with Gasteiger partial charge in [0, 0.05) is 18.4 Å². The van der Waals surface area contributed by atoms with Crippen molar-refractivity contribution in [1.29, 1.82) is 0 Å². The van der Waals surface area contributed by atoms with Gasteiger partial charge >= 0.3 is 7.12 Å². The summed E-state index contributed by atoms with van der Waals surface area (Å²) in [6.07, 6.45) is 4.54. The van der Waals surface area contributed by atoms with Crippen LogP contribution >= 0.6 is 0 Å². The Hall–Kier alpha value is -0.865. The minimum atomic E-state index is -0.339. The SMILES string of the molecule is C=C(/C=C(\C)B(OCC)OC(C)(C)CC)N=CC.